The quantitative estimate of drug-likeness (QED) is 0.440. The van der Waals surface area contributed by atoms with Crippen LogP contribution in [-0.2, 0) is 11.3 Å². The van der Waals surface area contributed by atoms with Gasteiger partial charge in [0.15, 0.2) is 0 Å². The van der Waals surface area contributed by atoms with Gasteiger partial charge in [-0.1, -0.05) is 25.1 Å². The molecular weight excluding hydrogens is 370 g/mol. The number of benzene rings is 1. The number of nitro groups is 1. The van der Waals surface area contributed by atoms with Crippen molar-refractivity contribution in [2.24, 2.45) is 0 Å². The summed E-state index contributed by atoms with van der Waals surface area (Å²) in [5.74, 6) is 0.634. The van der Waals surface area contributed by atoms with Gasteiger partial charge in [-0.15, -0.1) is 0 Å². The number of hydrogen-bond donors (Lipinski definition) is 1. The van der Waals surface area contributed by atoms with Crippen LogP contribution in [0.4, 0.5) is 11.5 Å². The molecule has 1 amide bonds. The molecule has 8 heteroatoms. The van der Waals surface area contributed by atoms with E-state index in [1.165, 1.54) is 18.2 Å². The molecule has 8 nitrogen and oxygen atoms in total. The van der Waals surface area contributed by atoms with E-state index in [9.17, 15) is 14.9 Å². The number of amides is 1. The third-order valence-corrected chi connectivity index (χ3v) is 4.97. The van der Waals surface area contributed by atoms with Crippen LogP contribution >= 0.6 is 0 Å². The summed E-state index contributed by atoms with van der Waals surface area (Å²) in [6.07, 6.45) is 4.52. The van der Waals surface area contributed by atoms with Gasteiger partial charge < -0.3 is 15.1 Å². The highest BCUT2D eigenvalue weighted by atomic mass is 16.6. The zero-order valence-electron chi connectivity index (χ0n) is 16.5. The molecule has 0 unspecified atom stereocenters. The van der Waals surface area contributed by atoms with Crippen LogP contribution in [0.5, 0.6) is 0 Å². The monoisotopic (exact) mass is 395 g/mol. The summed E-state index contributed by atoms with van der Waals surface area (Å²) in [6, 6.07) is 10.2. The molecule has 1 aliphatic heterocycles. The molecule has 152 valence electrons. The molecule has 1 N–H and O–H groups in total. The second-order valence-electron chi connectivity index (χ2n) is 6.81. The van der Waals surface area contributed by atoms with Crippen LogP contribution in [0.15, 0.2) is 48.7 Å². The van der Waals surface area contributed by atoms with Gasteiger partial charge in [-0.25, -0.2) is 4.98 Å². The molecule has 0 bridgehead atoms. The Hall–Kier alpha value is -3.26. The molecule has 0 saturated carbocycles. The zero-order valence-corrected chi connectivity index (χ0v) is 16.5. The van der Waals surface area contributed by atoms with E-state index in [4.69, 9.17) is 0 Å². The molecule has 3 rings (SSSR count). The summed E-state index contributed by atoms with van der Waals surface area (Å²) < 4.78 is 0. The fraction of sp³-hybridized carbons (Fsp3) is 0.333. The zero-order chi connectivity index (χ0) is 20.6. The Morgan fingerprint density at radius 3 is 2.62 bits per heavy atom. The topological polar surface area (TPSA) is 91.6 Å². The maximum atomic E-state index is 12.0. The minimum Gasteiger partial charge on any atom is -0.354 e. The highest BCUT2D eigenvalue weighted by Gasteiger charge is 2.16. The van der Waals surface area contributed by atoms with Crippen molar-refractivity contribution in [3.63, 3.8) is 0 Å². The molecule has 1 aliphatic rings. The maximum Gasteiger partial charge on any atom is 0.276 e. The van der Waals surface area contributed by atoms with Crippen molar-refractivity contribution in [3.8, 4) is 0 Å². The maximum absolute atomic E-state index is 12.0. The average Bonchev–Trinajstić information content (AvgIpc) is 2.77. The van der Waals surface area contributed by atoms with E-state index < -0.39 is 4.92 Å². The van der Waals surface area contributed by atoms with Crippen LogP contribution in [0.2, 0.25) is 0 Å². The number of piperazine rings is 1. The summed E-state index contributed by atoms with van der Waals surface area (Å²) in [5.41, 5.74) is 1.26. The van der Waals surface area contributed by atoms with Crippen LogP contribution in [-0.4, -0.2) is 53.4 Å². The van der Waals surface area contributed by atoms with Gasteiger partial charge in [0.2, 0.25) is 5.91 Å². The average molecular weight is 395 g/mol. The Balaban J connectivity index is 1.51. The summed E-state index contributed by atoms with van der Waals surface area (Å²) in [6.45, 7) is 7.61. The van der Waals surface area contributed by atoms with E-state index >= 15 is 0 Å². The third kappa shape index (κ3) is 5.61. The van der Waals surface area contributed by atoms with Crippen molar-refractivity contribution in [1.82, 2.24) is 15.2 Å². The largest absolute Gasteiger partial charge is 0.354 e. The molecule has 0 aliphatic carbocycles. The van der Waals surface area contributed by atoms with E-state index in [1.807, 2.05) is 12.1 Å². The van der Waals surface area contributed by atoms with E-state index in [0.29, 0.717) is 12.1 Å². The first kappa shape index (κ1) is 20.5. The standard InChI is InChI=1S/C21H25N5O3/c1-2-24-11-13-25(14-12-24)20-9-7-17(15-22-20)16-23-21(27)10-8-18-5-3-4-6-19(18)26(28)29/h3-10,15H,2,11-14,16H2,1H3,(H,23,27)/b10-8+. The Labute approximate surface area is 170 Å². The Morgan fingerprint density at radius 2 is 1.97 bits per heavy atom. The second-order valence-corrected chi connectivity index (χ2v) is 6.81. The molecule has 1 aromatic heterocycles. The van der Waals surface area contributed by atoms with Crippen molar-refractivity contribution in [3.05, 3.63) is 69.9 Å². The van der Waals surface area contributed by atoms with Gasteiger partial charge in [0, 0.05) is 51.1 Å². The number of aromatic nitrogens is 1. The van der Waals surface area contributed by atoms with E-state index in [0.717, 1.165) is 44.1 Å². The van der Waals surface area contributed by atoms with Crippen molar-refractivity contribution >= 4 is 23.5 Å². The first-order valence-electron chi connectivity index (χ1n) is 9.68. The molecule has 29 heavy (non-hydrogen) atoms. The molecule has 1 fully saturated rings. The molecule has 0 radical (unpaired) electrons. The third-order valence-electron chi connectivity index (χ3n) is 4.97. The lowest BCUT2D eigenvalue weighted by atomic mass is 10.1. The number of rotatable bonds is 7. The second kappa shape index (κ2) is 9.79. The van der Waals surface area contributed by atoms with E-state index in [1.54, 1.807) is 24.4 Å². The minimum absolute atomic E-state index is 0.0314. The van der Waals surface area contributed by atoms with Crippen LogP contribution < -0.4 is 10.2 Å². The number of pyridine rings is 1. The number of carbonyl (C=O) groups is 1. The first-order valence-corrected chi connectivity index (χ1v) is 9.68. The number of para-hydroxylation sites is 1. The summed E-state index contributed by atoms with van der Waals surface area (Å²) >= 11 is 0. The number of nitro benzene ring substituents is 1. The number of anilines is 1. The lowest BCUT2D eigenvalue weighted by molar-refractivity contribution is -0.385. The fourth-order valence-corrected chi connectivity index (χ4v) is 3.21. The van der Waals surface area contributed by atoms with Crippen molar-refractivity contribution in [2.75, 3.05) is 37.6 Å². The number of hydrogen-bond acceptors (Lipinski definition) is 6. The summed E-state index contributed by atoms with van der Waals surface area (Å²) in [4.78, 5) is 31.8. The van der Waals surface area contributed by atoms with Gasteiger partial charge in [-0.2, -0.15) is 0 Å². The Morgan fingerprint density at radius 1 is 1.21 bits per heavy atom. The normalized spacial score (nSPS) is 14.9. The van der Waals surface area contributed by atoms with Gasteiger partial charge in [-0.05, 0) is 30.3 Å². The number of nitrogens with one attached hydrogen (secondary N) is 1. The van der Waals surface area contributed by atoms with Gasteiger partial charge in [0.25, 0.3) is 5.69 Å². The Bertz CT molecular complexity index is 874. The van der Waals surface area contributed by atoms with Gasteiger partial charge in [0.1, 0.15) is 5.82 Å². The lowest BCUT2D eigenvalue weighted by Gasteiger charge is -2.34. The first-order chi connectivity index (χ1) is 14.1. The van der Waals surface area contributed by atoms with Gasteiger partial charge in [0.05, 0.1) is 10.5 Å². The number of nitrogens with zero attached hydrogens (tertiary/aromatic N) is 4. The summed E-state index contributed by atoms with van der Waals surface area (Å²) in [7, 11) is 0. The number of carbonyl (C=O) groups excluding carboxylic acids is 1. The number of likely N-dealkylation sites (N-methyl/N-ethyl adjacent to an activating group) is 1. The molecular formula is C21H25N5O3. The predicted molar refractivity (Wildman–Crippen MR) is 113 cm³/mol. The Kier molecular flexibility index (Phi) is 6.91. The van der Waals surface area contributed by atoms with Gasteiger partial charge in [-0.3, -0.25) is 14.9 Å². The lowest BCUT2D eigenvalue weighted by Crippen LogP contribution is -2.46. The van der Waals surface area contributed by atoms with Crippen molar-refractivity contribution in [2.45, 2.75) is 13.5 Å². The molecule has 1 aromatic carbocycles. The molecule has 2 heterocycles. The molecule has 2 aromatic rings. The van der Waals surface area contributed by atoms with Crippen molar-refractivity contribution < 1.29 is 9.72 Å². The van der Waals surface area contributed by atoms with E-state index in [2.05, 4.69) is 27.0 Å². The van der Waals surface area contributed by atoms with Crippen molar-refractivity contribution in [1.29, 1.82) is 0 Å². The van der Waals surface area contributed by atoms with Gasteiger partial charge >= 0.3 is 0 Å². The fourth-order valence-electron chi connectivity index (χ4n) is 3.21. The molecule has 0 spiro atoms. The highest BCUT2D eigenvalue weighted by molar-refractivity contribution is 5.92. The van der Waals surface area contributed by atoms with Crippen LogP contribution in [0, 0.1) is 10.1 Å². The smallest absolute Gasteiger partial charge is 0.276 e. The van der Waals surface area contributed by atoms with Crippen LogP contribution in [0.3, 0.4) is 0 Å². The summed E-state index contributed by atoms with van der Waals surface area (Å²) in [5, 5.41) is 13.8. The molecule has 0 atom stereocenters. The van der Waals surface area contributed by atoms with Crippen LogP contribution in [0.1, 0.15) is 18.1 Å². The van der Waals surface area contributed by atoms with Crippen LogP contribution in [0.25, 0.3) is 6.08 Å². The minimum atomic E-state index is -0.465. The molecule has 1 saturated heterocycles. The SMILES string of the molecule is CCN1CCN(c2ccc(CNC(=O)/C=C/c3ccccc3[N+](=O)[O-])cn2)CC1. The van der Waals surface area contributed by atoms with E-state index in [-0.39, 0.29) is 11.6 Å². The highest BCUT2D eigenvalue weighted by Crippen LogP contribution is 2.19. The predicted octanol–water partition coefficient (Wildman–Crippen LogP) is 2.46.